The molecule has 0 aliphatic heterocycles. The predicted octanol–water partition coefficient (Wildman–Crippen LogP) is 3.60. The van der Waals surface area contributed by atoms with Crippen molar-refractivity contribution in [2.24, 2.45) is 11.1 Å². The Kier molecular flexibility index (Phi) is 5.93. The molecule has 2 nitrogen and oxygen atoms in total. The molecule has 17 heavy (non-hydrogen) atoms. The van der Waals surface area contributed by atoms with E-state index in [1.807, 2.05) is 6.07 Å². The Morgan fingerprint density at radius 1 is 1.47 bits per heavy atom. The van der Waals surface area contributed by atoms with E-state index < -0.39 is 0 Å². The summed E-state index contributed by atoms with van der Waals surface area (Å²) in [6.45, 7) is 7.22. The summed E-state index contributed by atoms with van der Waals surface area (Å²) in [6.07, 6.45) is 2.37. The van der Waals surface area contributed by atoms with Crippen molar-refractivity contribution in [3.05, 3.63) is 21.3 Å². The predicted molar refractivity (Wildman–Crippen MR) is 77.7 cm³/mol. The van der Waals surface area contributed by atoms with Gasteiger partial charge in [0.25, 0.3) is 0 Å². The summed E-state index contributed by atoms with van der Waals surface area (Å²) in [7, 11) is 2.15. The van der Waals surface area contributed by atoms with Crippen LogP contribution in [0.15, 0.2) is 12.1 Å². The van der Waals surface area contributed by atoms with Crippen LogP contribution in [0.4, 0.5) is 0 Å². The first-order chi connectivity index (χ1) is 7.99. The Morgan fingerprint density at radius 3 is 2.65 bits per heavy atom. The van der Waals surface area contributed by atoms with Gasteiger partial charge in [0.1, 0.15) is 0 Å². The lowest BCUT2D eigenvalue weighted by atomic mass is 9.85. The molecule has 2 N–H and O–H groups in total. The molecule has 1 aromatic heterocycles. The third-order valence-corrected chi connectivity index (χ3v) is 4.27. The number of nitrogens with two attached hydrogens (primary N) is 1. The number of halogens is 1. The summed E-state index contributed by atoms with van der Waals surface area (Å²) in [6, 6.07) is 4.06. The van der Waals surface area contributed by atoms with Gasteiger partial charge >= 0.3 is 0 Å². The molecule has 1 rings (SSSR count). The highest BCUT2D eigenvalue weighted by Crippen LogP contribution is 2.26. The normalized spacial score (nSPS) is 15.2. The van der Waals surface area contributed by atoms with Gasteiger partial charge in [-0.1, -0.05) is 31.9 Å². The summed E-state index contributed by atoms with van der Waals surface area (Å²) < 4.78 is 0.864. The number of nitrogens with zero attached hydrogens (tertiary/aromatic N) is 1. The second-order valence-corrected chi connectivity index (χ2v) is 6.94. The summed E-state index contributed by atoms with van der Waals surface area (Å²) in [4.78, 5) is 3.65. The highest BCUT2D eigenvalue weighted by molar-refractivity contribution is 7.16. The molecule has 0 aromatic carbocycles. The van der Waals surface area contributed by atoms with E-state index >= 15 is 0 Å². The van der Waals surface area contributed by atoms with Crippen LogP contribution in [-0.2, 0) is 6.54 Å². The van der Waals surface area contributed by atoms with Crippen molar-refractivity contribution in [1.29, 1.82) is 0 Å². The van der Waals surface area contributed by atoms with E-state index in [0.29, 0.717) is 0 Å². The van der Waals surface area contributed by atoms with Gasteiger partial charge in [-0.2, -0.15) is 0 Å². The van der Waals surface area contributed by atoms with Crippen LogP contribution >= 0.6 is 22.9 Å². The molecule has 0 bridgehead atoms. The summed E-state index contributed by atoms with van der Waals surface area (Å²) in [5.41, 5.74) is 6.12. The average Bonchev–Trinajstić information content (AvgIpc) is 2.64. The van der Waals surface area contributed by atoms with E-state index in [1.165, 1.54) is 17.7 Å². The van der Waals surface area contributed by atoms with Gasteiger partial charge in [0.15, 0.2) is 0 Å². The van der Waals surface area contributed by atoms with Crippen molar-refractivity contribution >= 4 is 22.9 Å². The minimum Gasteiger partial charge on any atom is -0.330 e. The minimum absolute atomic E-state index is 0.227. The molecule has 4 heteroatoms. The number of hydrogen-bond donors (Lipinski definition) is 1. The molecule has 0 aliphatic carbocycles. The van der Waals surface area contributed by atoms with Crippen LogP contribution < -0.4 is 5.73 Å². The molecule has 1 unspecified atom stereocenters. The van der Waals surface area contributed by atoms with Crippen LogP contribution in [0.2, 0.25) is 4.34 Å². The standard InChI is InChI=1S/C13H23ClN2S/c1-4-7-13(2,9-15)10-16(3)8-11-5-6-12(14)17-11/h5-6H,4,7-10,15H2,1-3H3. The van der Waals surface area contributed by atoms with Crippen molar-refractivity contribution < 1.29 is 0 Å². The third kappa shape index (κ3) is 4.96. The van der Waals surface area contributed by atoms with E-state index in [-0.39, 0.29) is 5.41 Å². The zero-order chi connectivity index (χ0) is 12.9. The SMILES string of the molecule is CCCC(C)(CN)CN(C)Cc1ccc(Cl)s1. The fourth-order valence-corrected chi connectivity index (χ4v) is 3.43. The Bertz CT molecular complexity index is 340. The summed E-state index contributed by atoms with van der Waals surface area (Å²) in [5, 5.41) is 0. The van der Waals surface area contributed by atoms with Gasteiger partial charge in [0, 0.05) is 18.0 Å². The minimum atomic E-state index is 0.227. The van der Waals surface area contributed by atoms with Gasteiger partial charge < -0.3 is 10.6 Å². The zero-order valence-electron chi connectivity index (χ0n) is 11.0. The fourth-order valence-electron chi connectivity index (χ4n) is 2.26. The van der Waals surface area contributed by atoms with E-state index in [1.54, 1.807) is 11.3 Å². The van der Waals surface area contributed by atoms with Gasteiger partial charge in [0.05, 0.1) is 4.34 Å². The molecule has 0 amide bonds. The first-order valence-electron chi connectivity index (χ1n) is 6.12. The van der Waals surface area contributed by atoms with Crippen molar-refractivity contribution in [2.45, 2.75) is 33.2 Å². The monoisotopic (exact) mass is 274 g/mol. The van der Waals surface area contributed by atoms with Crippen LogP contribution in [0.25, 0.3) is 0 Å². The van der Waals surface area contributed by atoms with Crippen LogP contribution in [0.1, 0.15) is 31.6 Å². The molecule has 0 radical (unpaired) electrons. The van der Waals surface area contributed by atoms with Crippen LogP contribution in [0.3, 0.4) is 0 Å². The second kappa shape index (κ2) is 6.74. The van der Waals surface area contributed by atoms with E-state index in [0.717, 1.165) is 24.0 Å². The maximum absolute atomic E-state index is 5.93. The average molecular weight is 275 g/mol. The van der Waals surface area contributed by atoms with Crippen molar-refractivity contribution in [1.82, 2.24) is 4.90 Å². The highest BCUT2D eigenvalue weighted by Gasteiger charge is 2.23. The molecule has 0 fully saturated rings. The molecule has 98 valence electrons. The highest BCUT2D eigenvalue weighted by atomic mass is 35.5. The van der Waals surface area contributed by atoms with E-state index in [4.69, 9.17) is 17.3 Å². The molecule has 0 saturated heterocycles. The molecular formula is C13H23ClN2S. The zero-order valence-corrected chi connectivity index (χ0v) is 12.6. The lowest BCUT2D eigenvalue weighted by Gasteiger charge is -2.32. The molecule has 0 spiro atoms. The number of thiophene rings is 1. The molecule has 0 saturated carbocycles. The smallest absolute Gasteiger partial charge is 0.0931 e. The maximum Gasteiger partial charge on any atom is 0.0931 e. The van der Waals surface area contributed by atoms with Gasteiger partial charge in [0.2, 0.25) is 0 Å². The van der Waals surface area contributed by atoms with Crippen molar-refractivity contribution in [2.75, 3.05) is 20.1 Å². The van der Waals surface area contributed by atoms with Crippen molar-refractivity contribution in [3.63, 3.8) is 0 Å². The summed E-state index contributed by atoms with van der Waals surface area (Å²) in [5.74, 6) is 0. The van der Waals surface area contributed by atoms with Crippen LogP contribution in [-0.4, -0.2) is 25.0 Å². The van der Waals surface area contributed by atoms with E-state index in [2.05, 4.69) is 31.9 Å². The van der Waals surface area contributed by atoms with Crippen LogP contribution in [0, 0.1) is 5.41 Å². The molecule has 1 atom stereocenters. The number of hydrogen-bond acceptors (Lipinski definition) is 3. The van der Waals surface area contributed by atoms with Gasteiger partial charge in [-0.15, -0.1) is 11.3 Å². The maximum atomic E-state index is 5.93. The van der Waals surface area contributed by atoms with Gasteiger partial charge in [-0.3, -0.25) is 0 Å². The molecule has 1 heterocycles. The molecular weight excluding hydrogens is 252 g/mol. The molecule has 0 aliphatic rings. The molecule has 1 aromatic rings. The first-order valence-corrected chi connectivity index (χ1v) is 7.31. The fraction of sp³-hybridized carbons (Fsp3) is 0.692. The number of rotatable bonds is 7. The van der Waals surface area contributed by atoms with E-state index in [9.17, 15) is 0 Å². The Morgan fingerprint density at radius 2 is 2.18 bits per heavy atom. The van der Waals surface area contributed by atoms with Gasteiger partial charge in [-0.25, -0.2) is 0 Å². The van der Waals surface area contributed by atoms with Gasteiger partial charge in [-0.05, 0) is 37.6 Å². The first kappa shape index (κ1) is 15.0. The lowest BCUT2D eigenvalue weighted by molar-refractivity contribution is 0.180. The Hall–Kier alpha value is -0.0900. The lowest BCUT2D eigenvalue weighted by Crippen LogP contribution is -2.38. The summed E-state index contributed by atoms with van der Waals surface area (Å²) >= 11 is 7.59. The Balaban J connectivity index is 2.50. The van der Waals surface area contributed by atoms with Crippen LogP contribution in [0.5, 0.6) is 0 Å². The third-order valence-electron chi connectivity index (χ3n) is 3.05. The topological polar surface area (TPSA) is 29.3 Å². The largest absolute Gasteiger partial charge is 0.330 e. The quantitative estimate of drug-likeness (QED) is 0.823. The second-order valence-electron chi connectivity index (χ2n) is 5.14. The van der Waals surface area contributed by atoms with Crippen molar-refractivity contribution in [3.8, 4) is 0 Å². The Labute approximate surface area is 114 Å².